The number of pyridine rings is 1. The van der Waals surface area contributed by atoms with Gasteiger partial charge in [-0.2, -0.15) is 0 Å². The van der Waals surface area contributed by atoms with Gasteiger partial charge in [-0.25, -0.2) is 9.97 Å². The Balaban J connectivity index is 1.57. The molecule has 0 amide bonds. The van der Waals surface area contributed by atoms with Gasteiger partial charge >= 0.3 is 0 Å². The second-order valence-electron chi connectivity index (χ2n) is 4.80. The maximum atomic E-state index is 4.49. The Labute approximate surface area is 107 Å². The molecule has 0 N–H and O–H groups in total. The molecular formula is C14H16N4. The molecule has 1 aliphatic rings. The minimum absolute atomic E-state index is 0.492. The molecule has 2 aromatic heterocycles. The molecule has 2 aromatic rings. The Kier molecular flexibility index (Phi) is 3.02. The van der Waals surface area contributed by atoms with E-state index in [0.717, 1.165) is 31.2 Å². The third-order valence-electron chi connectivity index (χ3n) is 3.29. The van der Waals surface area contributed by atoms with Crippen molar-refractivity contribution in [1.82, 2.24) is 19.9 Å². The number of rotatable bonds is 3. The van der Waals surface area contributed by atoms with Crippen LogP contribution in [-0.2, 0) is 6.54 Å². The van der Waals surface area contributed by atoms with Crippen LogP contribution in [0, 0.1) is 6.92 Å². The van der Waals surface area contributed by atoms with Crippen LogP contribution in [0.4, 0.5) is 0 Å². The van der Waals surface area contributed by atoms with E-state index in [-0.39, 0.29) is 0 Å². The van der Waals surface area contributed by atoms with E-state index in [0.29, 0.717) is 5.92 Å². The maximum absolute atomic E-state index is 4.49. The van der Waals surface area contributed by atoms with Crippen LogP contribution in [0.5, 0.6) is 0 Å². The highest BCUT2D eigenvalue weighted by Gasteiger charge is 2.29. The SMILES string of the molecule is Cc1ccnc(C2CN(Cc3ccncc3)C2)n1. The topological polar surface area (TPSA) is 41.9 Å². The summed E-state index contributed by atoms with van der Waals surface area (Å²) in [5, 5.41) is 0. The summed E-state index contributed by atoms with van der Waals surface area (Å²) in [6.07, 6.45) is 5.54. The summed E-state index contributed by atoms with van der Waals surface area (Å²) in [4.78, 5) is 15.3. The van der Waals surface area contributed by atoms with Crippen molar-refractivity contribution in [2.45, 2.75) is 19.4 Å². The molecule has 0 aromatic carbocycles. The summed E-state index contributed by atoms with van der Waals surface area (Å²) >= 11 is 0. The molecule has 0 spiro atoms. The summed E-state index contributed by atoms with van der Waals surface area (Å²) in [5.41, 5.74) is 2.36. The molecule has 0 unspecified atom stereocenters. The average molecular weight is 240 g/mol. The fourth-order valence-corrected chi connectivity index (χ4v) is 2.27. The van der Waals surface area contributed by atoms with E-state index in [1.54, 1.807) is 0 Å². The molecule has 3 heterocycles. The third kappa shape index (κ3) is 2.38. The lowest BCUT2D eigenvalue weighted by Gasteiger charge is -2.38. The average Bonchev–Trinajstić information content (AvgIpc) is 2.34. The lowest BCUT2D eigenvalue weighted by atomic mass is 9.98. The van der Waals surface area contributed by atoms with Crippen molar-refractivity contribution < 1.29 is 0 Å². The summed E-state index contributed by atoms with van der Waals surface area (Å²) in [7, 11) is 0. The normalized spacial score (nSPS) is 16.5. The van der Waals surface area contributed by atoms with Gasteiger partial charge in [0.1, 0.15) is 5.82 Å². The van der Waals surface area contributed by atoms with Crippen LogP contribution in [0.1, 0.15) is 23.0 Å². The summed E-state index contributed by atoms with van der Waals surface area (Å²) < 4.78 is 0. The van der Waals surface area contributed by atoms with Crippen LogP contribution in [0.15, 0.2) is 36.8 Å². The summed E-state index contributed by atoms with van der Waals surface area (Å²) in [5.74, 6) is 1.48. The second-order valence-corrected chi connectivity index (χ2v) is 4.80. The predicted octanol–water partition coefficient (Wildman–Crippen LogP) is 1.78. The standard InChI is InChI=1S/C14H16N4/c1-11-2-7-16-14(17-11)13-9-18(10-13)8-12-3-5-15-6-4-12/h2-7,13H,8-10H2,1H3. The van der Waals surface area contributed by atoms with Crippen LogP contribution in [0.2, 0.25) is 0 Å². The molecule has 3 rings (SSSR count). The molecule has 0 bridgehead atoms. The summed E-state index contributed by atoms with van der Waals surface area (Å²) in [6, 6.07) is 6.07. The van der Waals surface area contributed by atoms with Crippen molar-refractivity contribution >= 4 is 0 Å². The maximum Gasteiger partial charge on any atom is 0.134 e. The molecule has 1 fully saturated rings. The van der Waals surface area contributed by atoms with Crippen molar-refractivity contribution in [3.63, 3.8) is 0 Å². The first-order valence-electron chi connectivity index (χ1n) is 6.22. The molecule has 0 radical (unpaired) electrons. The van der Waals surface area contributed by atoms with Gasteiger partial charge in [0.05, 0.1) is 0 Å². The fourth-order valence-electron chi connectivity index (χ4n) is 2.27. The first-order chi connectivity index (χ1) is 8.81. The molecule has 1 saturated heterocycles. The van der Waals surface area contributed by atoms with Gasteiger partial charge in [0.2, 0.25) is 0 Å². The van der Waals surface area contributed by atoms with E-state index in [4.69, 9.17) is 0 Å². The van der Waals surface area contributed by atoms with Crippen LogP contribution in [0.3, 0.4) is 0 Å². The van der Waals surface area contributed by atoms with Crippen LogP contribution in [0.25, 0.3) is 0 Å². The first-order valence-corrected chi connectivity index (χ1v) is 6.22. The van der Waals surface area contributed by atoms with Gasteiger partial charge in [-0.15, -0.1) is 0 Å². The Bertz CT molecular complexity index is 520. The largest absolute Gasteiger partial charge is 0.298 e. The molecule has 4 heteroatoms. The minimum Gasteiger partial charge on any atom is -0.298 e. The highest BCUT2D eigenvalue weighted by molar-refractivity contribution is 5.13. The van der Waals surface area contributed by atoms with Gasteiger partial charge < -0.3 is 0 Å². The summed E-state index contributed by atoms with van der Waals surface area (Å²) in [6.45, 7) is 5.10. The van der Waals surface area contributed by atoms with Crippen LogP contribution in [-0.4, -0.2) is 32.9 Å². The smallest absolute Gasteiger partial charge is 0.134 e. The Morgan fingerprint density at radius 3 is 2.67 bits per heavy atom. The fraction of sp³-hybridized carbons (Fsp3) is 0.357. The van der Waals surface area contributed by atoms with E-state index in [1.165, 1.54) is 5.56 Å². The number of nitrogens with zero attached hydrogens (tertiary/aromatic N) is 4. The minimum atomic E-state index is 0.492. The van der Waals surface area contributed by atoms with Crippen LogP contribution < -0.4 is 0 Å². The number of hydrogen-bond acceptors (Lipinski definition) is 4. The highest BCUT2D eigenvalue weighted by Crippen LogP contribution is 2.25. The molecule has 1 aliphatic heterocycles. The molecule has 4 nitrogen and oxygen atoms in total. The van der Waals surface area contributed by atoms with Gasteiger partial charge in [0, 0.05) is 49.8 Å². The molecule has 0 saturated carbocycles. The zero-order chi connectivity index (χ0) is 12.4. The Hall–Kier alpha value is -1.81. The Morgan fingerprint density at radius 1 is 1.17 bits per heavy atom. The molecular weight excluding hydrogens is 224 g/mol. The van der Waals surface area contributed by atoms with E-state index < -0.39 is 0 Å². The zero-order valence-corrected chi connectivity index (χ0v) is 10.5. The van der Waals surface area contributed by atoms with E-state index in [2.05, 4.69) is 32.0 Å². The number of aromatic nitrogens is 3. The van der Waals surface area contributed by atoms with Crippen LogP contribution >= 0.6 is 0 Å². The van der Waals surface area contributed by atoms with Gasteiger partial charge in [-0.3, -0.25) is 9.88 Å². The van der Waals surface area contributed by atoms with E-state index >= 15 is 0 Å². The molecule has 18 heavy (non-hydrogen) atoms. The van der Waals surface area contributed by atoms with Crippen molar-refractivity contribution in [3.8, 4) is 0 Å². The molecule has 0 atom stereocenters. The second kappa shape index (κ2) is 4.82. The van der Waals surface area contributed by atoms with Crippen molar-refractivity contribution in [1.29, 1.82) is 0 Å². The molecule has 0 aliphatic carbocycles. The lowest BCUT2D eigenvalue weighted by molar-refractivity contribution is 0.134. The van der Waals surface area contributed by atoms with Gasteiger partial charge in [-0.1, -0.05) is 0 Å². The van der Waals surface area contributed by atoms with Gasteiger partial charge in [-0.05, 0) is 30.7 Å². The lowest BCUT2D eigenvalue weighted by Crippen LogP contribution is -2.44. The van der Waals surface area contributed by atoms with Crippen molar-refractivity contribution in [3.05, 3.63) is 53.9 Å². The zero-order valence-electron chi connectivity index (χ0n) is 10.5. The van der Waals surface area contributed by atoms with E-state index in [1.807, 2.05) is 31.6 Å². The monoisotopic (exact) mass is 240 g/mol. The first kappa shape index (κ1) is 11.3. The number of hydrogen-bond donors (Lipinski definition) is 0. The Morgan fingerprint density at radius 2 is 1.94 bits per heavy atom. The third-order valence-corrected chi connectivity index (χ3v) is 3.29. The van der Waals surface area contributed by atoms with Crippen molar-refractivity contribution in [2.24, 2.45) is 0 Å². The molecule has 92 valence electrons. The highest BCUT2D eigenvalue weighted by atomic mass is 15.2. The quantitative estimate of drug-likeness (QED) is 0.820. The van der Waals surface area contributed by atoms with E-state index in [9.17, 15) is 0 Å². The number of aryl methyl sites for hydroxylation is 1. The predicted molar refractivity (Wildman–Crippen MR) is 69.0 cm³/mol. The number of likely N-dealkylation sites (tertiary alicyclic amines) is 1. The van der Waals surface area contributed by atoms with Gasteiger partial charge in [0.15, 0.2) is 0 Å². The van der Waals surface area contributed by atoms with Crippen molar-refractivity contribution in [2.75, 3.05) is 13.1 Å². The van der Waals surface area contributed by atoms with Gasteiger partial charge in [0.25, 0.3) is 0 Å².